The first-order valence-electron chi connectivity index (χ1n) is 5.23. The van der Waals surface area contributed by atoms with Gasteiger partial charge in [0.15, 0.2) is 11.6 Å². The molecule has 0 aliphatic carbocycles. The average molecular weight is 226 g/mol. The van der Waals surface area contributed by atoms with Gasteiger partial charge in [-0.25, -0.2) is 4.39 Å². The third kappa shape index (κ3) is 2.64. The van der Waals surface area contributed by atoms with E-state index in [9.17, 15) is 4.39 Å². The largest absolute Gasteiger partial charge is 0.485 e. The minimum Gasteiger partial charge on any atom is -0.485 e. The molecule has 2 rings (SSSR count). The molecule has 2 aromatic carbocycles. The Kier molecular flexibility index (Phi) is 3.42. The number of rotatable bonds is 3. The number of hydrogen-bond donors (Lipinski definition) is 0. The monoisotopic (exact) mass is 226 g/mol. The molecule has 0 bridgehead atoms. The Bertz CT molecular complexity index is 541. The van der Waals surface area contributed by atoms with Crippen LogP contribution in [0.2, 0.25) is 0 Å². The molecular weight excluding hydrogens is 215 g/mol. The Morgan fingerprint density at radius 2 is 1.82 bits per heavy atom. The fraction of sp³-hybridized carbons (Fsp3) is 0.0667. The Balaban J connectivity index is 2.17. The van der Waals surface area contributed by atoms with E-state index < -0.39 is 5.82 Å². The van der Waals surface area contributed by atoms with Crippen LogP contribution in [0, 0.1) is 18.2 Å². The van der Waals surface area contributed by atoms with Crippen molar-refractivity contribution < 1.29 is 9.13 Å². The average Bonchev–Trinajstić information content (AvgIpc) is 2.38. The first-order chi connectivity index (χ1) is 8.31. The van der Waals surface area contributed by atoms with Crippen molar-refractivity contribution in [1.82, 2.24) is 0 Å². The van der Waals surface area contributed by atoms with Crippen molar-refractivity contribution in [3.8, 4) is 18.1 Å². The number of ether oxygens (including phenoxy) is 1. The van der Waals surface area contributed by atoms with E-state index in [4.69, 9.17) is 11.2 Å². The third-order valence-electron chi connectivity index (χ3n) is 2.35. The maximum atomic E-state index is 13.5. The van der Waals surface area contributed by atoms with Gasteiger partial charge in [-0.1, -0.05) is 42.3 Å². The third-order valence-corrected chi connectivity index (χ3v) is 2.35. The zero-order chi connectivity index (χ0) is 12.1. The van der Waals surface area contributed by atoms with E-state index in [-0.39, 0.29) is 5.75 Å². The molecule has 2 heteroatoms. The summed E-state index contributed by atoms with van der Waals surface area (Å²) < 4.78 is 18.9. The quantitative estimate of drug-likeness (QED) is 0.729. The van der Waals surface area contributed by atoms with Crippen molar-refractivity contribution >= 4 is 0 Å². The molecule has 0 saturated heterocycles. The minimum absolute atomic E-state index is 0.138. The lowest BCUT2D eigenvalue weighted by molar-refractivity contribution is 0.289. The van der Waals surface area contributed by atoms with E-state index >= 15 is 0 Å². The highest BCUT2D eigenvalue weighted by Crippen LogP contribution is 2.22. The van der Waals surface area contributed by atoms with Crippen molar-refractivity contribution in [2.45, 2.75) is 6.61 Å². The highest BCUT2D eigenvalue weighted by molar-refractivity contribution is 5.45. The van der Waals surface area contributed by atoms with Crippen LogP contribution in [0.25, 0.3) is 0 Å². The molecule has 0 heterocycles. The molecule has 0 radical (unpaired) electrons. The van der Waals surface area contributed by atoms with E-state index in [0.717, 1.165) is 5.56 Å². The van der Waals surface area contributed by atoms with Crippen LogP contribution in [-0.4, -0.2) is 0 Å². The number of hydrogen-bond acceptors (Lipinski definition) is 1. The molecule has 0 saturated carbocycles. The first kappa shape index (κ1) is 11.2. The molecule has 0 N–H and O–H groups in total. The lowest BCUT2D eigenvalue weighted by atomic mass is 10.2. The van der Waals surface area contributed by atoms with Gasteiger partial charge in [-0.3, -0.25) is 0 Å². The fourth-order valence-electron chi connectivity index (χ4n) is 1.50. The van der Waals surface area contributed by atoms with Crippen molar-refractivity contribution in [2.75, 3.05) is 0 Å². The van der Waals surface area contributed by atoms with E-state index in [1.807, 2.05) is 30.3 Å². The first-order valence-corrected chi connectivity index (χ1v) is 5.23. The summed E-state index contributed by atoms with van der Waals surface area (Å²) >= 11 is 0. The maximum Gasteiger partial charge on any atom is 0.171 e. The van der Waals surface area contributed by atoms with Gasteiger partial charge in [0.1, 0.15) is 6.61 Å². The smallest absolute Gasteiger partial charge is 0.171 e. The predicted octanol–water partition coefficient (Wildman–Crippen LogP) is 3.39. The summed E-state index contributed by atoms with van der Waals surface area (Å²) in [7, 11) is 0. The van der Waals surface area contributed by atoms with Crippen molar-refractivity contribution in [2.24, 2.45) is 0 Å². The maximum absolute atomic E-state index is 13.5. The number of halogens is 1. The Morgan fingerprint density at radius 3 is 2.53 bits per heavy atom. The molecule has 1 nitrogen and oxygen atoms in total. The van der Waals surface area contributed by atoms with Crippen LogP contribution in [0.4, 0.5) is 4.39 Å². The van der Waals surface area contributed by atoms with Crippen LogP contribution in [0.15, 0.2) is 48.5 Å². The SMILES string of the molecule is C#Cc1cccc(F)c1OCc1ccccc1. The number of benzene rings is 2. The highest BCUT2D eigenvalue weighted by Gasteiger charge is 2.07. The van der Waals surface area contributed by atoms with Gasteiger partial charge in [-0.15, -0.1) is 6.42 Å². The second-order valence-corrected chi connectivity index (χ2v) is 3.54. The summed E-state index contributed by atoms with van der Waals surface area (Å²) in [5.74, 6) is 2.11. The van der Waals surface area contributed by atoms with Gasteiger partial charge >= 0.3 is 0 Å². The number of terminal acetylenes is 1. The van der Waals surface area contributed by atoms with Gasteiger partial charge in [-0.2, -0.15) is 0 Å². The van der Waals surface area contributed by atoms with Gasteiger partial charge in [0.2, 0.25) is 0 Å². The second-order valence-electron chi connectivity index (χ2n) is 3.54. The minimum atomic E-state index is -0.434. The molecule has 0 spiro atoms. The second kappa shape index (κ2) is 5.18. The van der Waals surface area contributed by atoms with Crippen LogP contribution in [0.1, 0.15) is 11.1 Å². The van der Waals surface area contributed by atoms with Crippen LogP contribution in [0.5, 0.6) is 5.75 Å². The van der Waals surface area contributed by atoms with Crippen molar-refractivity contribution in [1.29, 1.82) is 0 Å². The van der Waals surface area contributed by atoms with Gasteiger partial charge in [0.25, 0.3) is 0 Å². The molecule has 17 heavy (non-hydrogen) atoms. The molecule has 0 unspecified atom stereocenters. The molecule has 0 aromatic heterocycles. The fourth-order valence-corrected chi connectivity index (χ4v) is 1.50. The van der Waals surface area contributed by atoms with Crippen LogP contribution >= 0.6 is 0 Å². The van der Waals surface area contributed by atoms with E-state index in [1.165, 1.54) is 6.07 Å². The molecule has 0 aliphatic rings. The molecule has 2 aromatic rings. The van der Waals surface area contributed by atoms with Crippen LogP contribution < -0.4 is 4.74 Å². The lowest BCUT2D eigenvalue weighted by Gasteiger charge is -2.09. The van der Waals surface area contributed by atoms with E-state index in [1.54, 1.807) is 12.1 Å². The summed E-state index contributed by atoms with van der Waals surface area (Å²) in [6, 6.07) is 14.1. The molecule has 0 aliphatic heterocycles. The van der Waals surface area contributed by atoms with Gasteiger partial charge < -0.3 is 4.74 Å². The summed E-state index contributed by atoms with van der Waals surface area (Å²) in [6.07, 6.45) is 5.29. The predicted molar refractivity (Wildman–Crippen MR) is 65.1 cm³/mol. The standard InChI is InChI=1S/C15H11FO/c1-2-13-9-6-10-14(16)15(13)17-11-12-7-4-3-5-8-12/h1,3-10H,11H2. The van der Waals surface area contributed by atoms with E-state index in [0.29, 0.717) is 12.2 Å². The van der Waals surface area contributed by atoms with Gasteiger partial charge in [0, 0.05) is 0 Å². The summed E-state index contributed by atoms with van der Waals surface area (Å²) in [5.41, 5.74) is 1.40. The molecule has 0 fully saturated rings. The van der Waals surface area contributed by atoms with Gasteiger partial charge in [-0.05, 0) is 17.7 Å². The molecule has 0 amide bonds. The Hall–Kier alpha value is -2.27. The number of para-hydroxylation sites is 1. The Morgan fingerprint density at radius 1 is 1.06 bits per heavy atom. The zero-order valence-electron chi connectivity index (χ0n) is 9.19. The Labute approximate surface area is 99.9 Å². The van der Waals surface area contributed by atoms with Crippen LogP contribution in [-0.2, 0) is 6.61 Å². The molecule has 0 atom stereocenters. The zero-order valence-corrected chi connectivity index (χ0v) is 9.19. The normalized spacial score (nSPS) is 9.65. The van der Waals surface area contributed by atoms with Crippen LogP contribution in [0.3, 0.4) is 0 Å². The summed E-state index contributed by atoms with van der Waals surface area (Å²) in [4.78, 5) is 0. The van der Waals surface area contributed by atoms with Crippen molar-refractivity contribution in [3.05, 3.63) is 65.5 Å². The van der Waals surface area contributed by atoms with Crippen molar-refractivity contribution in [3.63, 3.8) is 0 Å². The molecular formula is C15H11FO. The molecule has 84 valence electrons. The summed E-state index contributed by atoms with van der Waals surface area (Å²) in [5, 5.41) is 0. The highest BCUT2D eigenvalue weighted by atomic mass is 19.1. The van der Waals surface area contributed by atoms with E-state index in [2.05, 4.69) is 5.92 Å². The van der Waals surface area contributed by atoms with Gasteiger partial charge in [0.05, 0.1) is 5.56 Å². The lowest BCUT2D eigenvalue weighted by Crippen LogP contribution is -1.99. The topological polar surface area (TPSA) is 9.23 Å². The summed E-state index contributed by atoms with van der Waals surface area (Å²) in [6.45, 7) is 0.302.